The first kappa shape index (κ1) is 11.9. The minimum absolute atomic E-state index is 0.112. The van der Waals surface area contributed by atoms with Crippen molar-refractivity contribution in [3.05, 3.63) is 40.9 Å². The third-order valence-corrected chi connectivity index (χ3v) is 2.70. The van der Waals surface area contributed by atoms with E-state index in [4.69, 9.17) is 16.3 Å². The summed E-state index contributed by atoms with van der Waals surface area (Å²) in [5, 5.41) is 9.84. The molecular weight excluding hydrogens is 240 g/mol. The van der Waals surface area contributed by atoms with Gasteiger partial charge in [0.15, 0.2) is 0 Å². The molecule has 0 radical (unpaired) electrons. The fourth-order valence-electron chi connectivity index (χ4n) is 1.74. The number of halogens is 1. The SMILES string of the molecule is CC(=O)Oc1cc(CO)c2ccc(Cl)ccc1-2. The van der Waals surface area contributed by atoms with Crippen molar-refractivity contribution in [3.8, 4) is 16.9 Å². The first-order chi connectivity index (χ1) is 8.11. The zero-order valence-corrected chi connectivity index (χ0v) is 9.99. The molecule has 88 valence electrons. The fourth-order valence-corrected chi connectivity index (χ4v) is 1.87. The number of carbonyl (C=O) groups excluding carboxylic acids is 1. The van der Waals surface area contributed by atoms with Crippen LogP contribution in [0.5, 0.6) is 5.75 Å². The van der Waals surface area contributed by atoms with Gasteiger partial charge < -0.3 is 9.84 Å². The van der Waals surface area contributed by atoms with E-state index < -0.39 is 0 Å². The minimum Gasteiger partial charge on any atom is -0.426 e. The average Bonchev–Trinajstić information content (AvgIpc) is 2.47. The summed E-state index contributed by atoms with van der Waals surface area (Å²) < 4.78 is 5.10. The molecule has 2 aliphatic carbocycles. The summed E-state index contributed by atoms with van der Waals surface area (Å²) in [7, 11) is 0. The first-order valence-corrected chi connectivity index (χ1v) is 5.50. The van der Waals surface area contributed by atoms with Crippen LogP contribution in [0.25, 0.3) is 11.1 Å². The van der Waals surface area contributed by atoms with Crippen LogP contribution in [-0.4, -0.2) is 11.1 Å². The molecule has 0 saturated heterocycles. The molecule has 0 bridgehead atoms. The molecule has 0 amide bonds. The van der Waals surface area contributed by atoms with Crippen molar-refractivity contribution in [2.45, 2.75) is 13.5 Å². The van der Waals surface area contributed by atoms with E-state index in [-0.39, 0.29) is 12.6 Å². The van der Waals surface area contributed by atoms with Crippen LogP contribution < -0.4 is 4.74 Å². The van der Waals surface area contributed by atoms with Crippen LogP contribution in [-0.2, 0) is 11.4 Å². The minimum atomic E-state index is -0.390. The van der Waals surface area contributed by atoms with E-state index in [1.165, 1.54) is 6.92 Å². The maximum atomic E-state index is 11.0. The Balaban J connectivity index is 2.60. The number of aliphatic hydroxyl groups excluding tert-OH is 1. The number of hydrogen-bond donors (Lipinski definition) is 1. The standard InChI is InChI=1S/C13H11ClO3/c1-8(16)17-13-6-9(7-15)11-4-2-10(14)3-5-12(11)13/h2-6,15H,7H2,1H3. The fraction of sp³-hybridized carbons (Fsp3) is 0.154. The molecule has 0 spiro atoms. The molecule has 0 fully saturated rings. The van der Waals surface area contributed by atoms with Gasteiger partial charge in [-0.2, -0.15) is 0 Å². The lowest BCUT2D eigenvalue weighted by Crippen LogP contribution is -2.00. The molecule has 0 aromatic heterocycles. The summed E-state index contributed by atoms with van der Waals surface area (Å²) in [6.07, 6.45) is 0. The van der Waals surface area contributed by atoms with Crippen LogP contribution in [0, 0.1) is 0 Å². The van der Waals surface area contributed by atoms with Crippen molar-refractivity contribution in [1.82, 2.24) is 0 Å². The number of aliphatic hydroxyl groups is 1. The van der Waals surface area contributed by atoms with Gasteiger partial charge >= 0.3 is 5.97 Å². The second kappa shape index (κ2) is 4.73. The molecule has 0 saturated carbocycles. The lowest BCUT2D eigenvalue weighted by atomic mass is 10.1. The van der Waals surface area contributed by atoms with Crippen molar-refractivity contribution in [3.63, 3.8) is 0 Å². The molecule has 17 heavy (non-hydrogen) atoms. The lowest BCUT2D eigenvalue weighted by Gasteiger charge is -2.00. The molecule has 4 heteroatoms. The van der Waals surface area contributed by atoms with E-state index in [1.807, 2.05) is 0 Å². The van der Waals surface area contributed by atoms with Gasteiger partial charge in [0.2, 0.25) is 0 Å². The van der Waals surface area contributed by atoms with E-state index in [1.54, 1.807) is 30.3 Å². The summed E-state index contributed by atoms with van der Waals surface area (Å²) in [4.78, 5) is 11.0. The molecule has 3 nitrogen and oxygen atoms in total. The number of rotatable bonds is 2. The third-order valence-electron chi connectivity index (χ3n) is 2.45. The third kappa shape index (κ3) is 2.40. The Bertz CT molecular complexity index is 537. The lowest BCUT2D eigenvalue weighted by molar-refractivity contribution is -0.131. The van der Waals surface area contributed by atoms with E-state index in [0.29, 0.717) is 16.3 Å². The molecule has 0 unspecified atom stereocenters. The van der Waals surface area contributed by atoms with Crippen LogP contribution in [0.3, 0.4) is 0 Å². The Hall–Kier alpha value is -1.58. The largest absolute Gasteiger partial charge is 0.426 e. The number of hydrogen-bond acceptors (Lipinski definition) is 3. The predicted molar refractivity (Wildman–Crippen MR) is 65.3 cm³/mol. The molecule has 0 aliphatic heterocycles. The van der Waals surface area contributed by atoms with Crippen molar-refractivity contribution < 1.29 is 14.6 Å². The zero-order valence-electron chi connectivity index (χ0n) is 9.24. The summed E-state index contributed by atoms with van der Waals surface area (Å²) in [5.41, 5.74) is 2.30. The topological polar surface area (TPSA) is 46.5 Å². The van der Waals surface area contributed by atoms with E-state index in [9.17, 15) is 9.90 Å². The molecule has 2 rings (SSSR count). The highest BCUT2D eigenvalue weighted by atomic mass is 35.5. The van der Waals surface area contributed by atoms with Crippen molar-refractivity contribution in [2.75, 3.05) is 0 Å². The first-order valence-electron chi connectivity index (χ1n) is 5.12. The highest BCUT2D eigenvalue weighted by Gasteiger charge is 2.16. The van der Waals surface area contributed by atoms with Gasteiger partial charge in [0.1, 0.15) is 5.75 Å². The summed E-state index contributed by atoms with van der Waals surface area (Å²) >= 11 is 5.89. The maximum Gasteiger partial charge on any atom is 0.308 e. The van der Waals surface area contributed by atoms with Gasteiger partial charge in [-0.1, -0.05) is 17.7 Å². The Morgan fingerprint density at radius 2 is 1.94 bits per heavy atom. The maximum absolute atomic E-state index is 11.0. The quantitative estimate of drug-likeness (QED) is 0.834. The second-order valence-electron chi connectivity index (χ2n) is 3.66. The monoisotopic (exact) mass is 250 g/mol. The predicted octanol–water partition coefficient (Wildman–Crippen LogP) is 2.86. The Kier molecular flexibility index (Phi) is 3.31. The average molecular weight is 251 g/mol. The Morgan fingerprint density at radius 3 is 2.53 bits per heavy atom. The molecule has 0 heterocycles. The van der Waals surface area contributed by atoms with Gasteiger partial charge in [-0.05, 0) is 35.4 Å². The van der Waals surface area contributed by atoms with Crippen LogP contribution in [0.15, 0.2) is 30.3 Å². The van der Waals surface area contributed by atoms with E-state index in [0.717, 1.165) is 11.1 Å². The molecule has 2 aliphatic rings. The smallest absolute Gasteiger partial charge is 0.308 e. The molecule has 0 atom stereocenters. The zero-order chi connectivity index (χ0) is 12.4. The highest BCUT2D eigenvalue weighted by molar-refractivity contribution is 6.30. The highest BCUT2D eigenvalue weighted by Crippen LogP contribution is 2.38. The summed E-state index contributed by atoms with van der Waals surface area (Å²) in [6.45, 7) is 1.23. The van der Waals surface area contributed by atoms with Crippen LogP contribution >= 0.6 is 11.6 Å². The van der Waals surface area contributed by atoms with E-state index in [2.05, 4.69) is 0 Å². The molecular formula is C13H11ClO3. The normalized spacial score (nSPS) is 10.5. The second-order valence-corrected chi connectivity index (χ2v) is 4.10. The molecule has 0 aromatic carbocycles. The summed E-state index contributed by atoms with van der Waals surface area (Å²) in [5.74, 6) is 0.0582. The van der Waals surface area contributed by atoms with Gasteiger partial charge in [0.05, 0.1) is 6.61 Å². The number of carbonyl (C=O) groups is 1. The van der Waals surface area contributed by atoms with Crippen molar-refractivity contribution in [1.29, 1.82) is 0 Å². The Labute approximate surface area is 104 Å². The van der Waals surface area contributed by atoms with Crippen LogP contribution in [0.2, 0.25) is 5.02 Å². The van der Waals surface area contributed by atoms with Crippen LogP contribution in [0.1, 0.15) is 12.5 Å². The van der Waals surface area contributed by atoms with Gasteiger partial charge in [0, 0.05) is 17.5 Å². The summed E-state index contributed by atoms with van der Waals surface area (Å²) in [6, 6.07) is 8.70. The van der Waals surface area contributed by atoms with Gasteiger partial charge in [-0.3, -0.25) is 4.79 Å². The Morgan fingerprint density at radius 1 is 1.29 bits per heavy atom. The molecule has 0 aromatic rings. The van der Waals surface area contributed by atoms with Crippen LogP contribution in [0.4, 0.5) is 0 Å². The number of esters is 1. The van der Waals surface area contributed by atoms with Crippen molar-refractivity contribution in [2.24, 2.45) is 0 Å². The number of fused-ring (bicyclic) bond motifs is 1. The van der Waals surface area contributed by atoms with Crippen molar-refractivity contribution >= 4 is 17.6 Å². The van der Waals surface area contributed by atoms with Gasteiger partial charge in [-0.25, -0.2) is 0 Å². The molecule has 1 N–H and O–H groups in total. The van der Waals surface area contributed by atoms with E-state index >= 15 is 0 Å². The number of ether oxygens (including phenoxy) is 1. The van der Waals surface area contributed by atoms with Gasteiger partial charge in [0.25, 0.3) is 0 Å². The van der Waals surface area contributed by atoms with Gasteiger partial charge in [-0.15, -0.1) is 0 Å².